The van der Waals surface area contributed by atoms with Crippen LogP contribution in [0.3, 0.4) is 0 Å². The second-order valence-corrected chi connectivity index (χ2v) is 6.10. The van der Waals surface area contributed by atoms with Crippen molar-refractivity contribution < 1.29 is 19.1 Å². The molecule has 1 rings (SSSR count). The van der Waals surface area contributed by atoms with Crippen LogP contribution in [0.15, 0.2) is 18.2 Å². The van der Waals surface area contributed by atoms with E-state index >= 15 is 0 Å². The van der Waals surface area contributed by atoms with Crippen molar-refractivity contribution in [2.24, 2.45) is 5.92 Å². The van der Waals surface area contributed by atoms with Crippen molar-refractivity contribution in [3.05, 3.63) is 33.8 Å². The molecule has 1 aromatic rings. The molecule has 0 heterocycles. The summed E-state index contributed by atoms with van der Waals surface area (Å²) in [6.07, 6.45) is 0. The van der Waals surface area contributed by atoms with Crippen LogP contribution in [0, 0.1) is 5.92 Å². The van der Waals surface area contributed by atoms with E-state index in [0.29, 0.717) is 10.6 Å². The molecule has 1 atom stereocenters. The second-order valence-electron chi connectivity index (χ2n) is 5.29. The van der Waals surface area contributed by atoms with Crippen molar-refractivity contribution in [2.75, 3.05) is 26.7 Å². The Morgan fingerprint density at radius 1 is 1.25 bits per heavy atom. The Bertz CT molecular complexity index is 622. The maximum atomic E-state index is 12.7. The van der Waals surface area contributed by atoms with Gasteiger partial charge in [0.2, 0.25) is 5.91 Å². The Hall–Kier alpha value is -1.79. The van der Waals surface area contributed by atoms with Gasteiger partial charge in [0.25, 0.3) is 5.91 Å². The standard InChI is InChI=1S/C16H20Cl2N2O4/c1-10(16(23)24-3)9-20(7-6-19-11(2)21)15(22)12-4-5-13(17)14(18)8-12/h4-5,8,10H,6-7,9H2,1-3H3,(H,19,21). The maximum Gasteiger partial charge on any atom is 0.310 e. The van der Waals surface area contributed by atoms with E-state index in [2.05, 4.69) is 5.32 Å². The molecule has 0 aliphatic rings. The first-order valence-electron chi connectivity index (χ1n) is 7.32. The van der Waals surface area contributed by atoms with E-state index < -0.39 is 11.9 Å². The zero-order valence-corrected chi connectivity index (χ0v) is 15.3. The average Bonchev–Trinajstić information content (AvgIpc) is 2.54. The average molecular weight is 375 g/mol. The molecular formula is C16H20Cl2N2O4. The minimum absolute atomic E-state index is 0.158. The summed E-state index contributed by atoms with van der Waals surface area (Å²) in [4.78, 5) is 36.8. The van der Waals surface area contributed by atoms with Crippen LogP contribution in [0.4, 0.5) is 0 Å². The van der Waals surface area contributed by atoms with Gasteiger partial charge in [-0.05, 0) is 18.2 Å². The topological polar surface area (TPSA) is 75.7 Å². The number of methoxy groups -OCH3 is 1. The highest BCUT2D eigenvalue weighted by Crippen LogP contribution is 2.23. The Balaban J connectivity index is 2.92. The zero-order valence-electron chi connectivity index (χ0n) is 13.8. The largest absolute Gasteiger partial charge is 0.469 e. The van der Waals surface area contributed by atoms with Gasteiger partial charge in [-0.1, -0.05) is 30.1 Å². The molecule has 0 aromatic heterocycles. The SMILES string of the molecule is COC(=O)C(C)CN(CCNC(C)=O)C(=O)c1ccc(Cl)c(Cl)c1. The van der Waals surface area contributed by atoms with Crippen LogP contribution in [0.5, 0.6) is 0 Å². The molecule has 24 heavy (non-hydrogen) atoms. The van der Waals surface area contributed by atoms with E-state index in [1.807, 2.05) is 0 Å². The van der Waals surface area contributed by atoms with Crippen molar-refractivity contribution >= 4 is 41.0 Å². The van der Waals surface area contributed by atoms with Gasteiger partial charge in [-0.3, -0.25) is 14.4 Å². The highest BCUT2D eigenvalue weighted by Gasteiger charge is 2.23. The summed E-state index contributed by atoms with van der Waals surface area (Å²) in [5.74, 6) is -1.42. The predicted octanol–water partition coefficient (Wildman–Crippen LogP) is 2.38. The van der Waals surface area contributed by atoms with Gasteiger partial charge in [-0.15, -0.1) is 0 Å². The molecule has 1 unspecified atom stereocenters. The first kappa shape index (κ1) is 20.3. The lowest BCUT2D eigenvalue weighted by Gasteiger charge is -2.25. The Morgan fingerprint density at radius 2 is 1.92 bits per heavy atom. The Morgan fingerprint density at radius 3 is 2.46 bits per heavy atom. The number of rotatable bonds is 7. The van der Waals surface area contributed by atoms with Crippen molar-refractivity contribution in [3.8, 4) is 0 Å². The molecule has 0 aliphatic carbocycles. The number of ether oxygens (including phenoxy) is 1. The third-order valence-corrected chi connectivity index (χ3v) is 4.05. The third-order valence-electron chi connectivity index (χ3n) is 3.31. The van der Waals surface area contributed by atoms with Crippen molar-refractivity contribution in [1.29, 1.82) is 0 Å². The second kappa shape index (κ2) is 9.49. The summed E-state index contributed by atoms with van der Waals surface area (Å²) in [6.45, 7) is 3.74. The van der Waals surface area contributed by atoms with Gasteiger partial charge in [-0.25, -0.2) is 0 Å². The van der Waals surface area contributed by atoms with Gasteiger partial charge in [0.1, 0.15) is 0 Å². The number of carbonyl (C=O) groups excluding carboxylic acids is 3. The monoisotopic (exact) mass is 374 g/mol. The lowest BCUT2D eigenvalue weighted by atomic mass is 10.1. The molecule has 0 aliphatic heterocycles. The summed E-state index contributed by atoms with van der Waals surface area (Å²) in [6, 6.07) is 4.57. The minimum atomic E-state index is -0.501. The van der Waals surface area contributed by atoms with E-state index in [1.54, 1.807) is 13.0 Å². The van der Waals surface area contributed by atoms with E-state index in [4.69, 9.17) is 27.9 Å². The van der Waals surface area contributed by atoms with Gasteiger partial charge in [-0.2, -0.15) is 0 Å². The zero-order chi connectivity index (χ0) is 18.3. The molecular weight excluding hydrogens is 355 g/mol. The highest BCUT2D eigenvalue weighted by molar-refractivity contribution is 6.42. The van der Waals surface area contributed by atoms with Crippen LogP contribution < -0.4 is 5.32 Å². The molecule has 0 radical (unpaired) electrons. The molecule has 1 N–H and O–H groups in total. The van der Waals surface area contributed by atoms with Gasteiger partial charge in [0.05, 0.1) is 23.1 Å². The van der Waals surface area contributed by atoms with Crippen LogP contribution in [0.25, 0.3) is 0 Å². The van der Waals surface area contributed by atoms with E-state index in [1.165, 1.54) is 31.1 Å². The molecule has 0 spiro atoms. The lowest BCUT2D eigenvalue weighted by molar-refractivity contribution is -0.145. The van der Waals surface area contributed by atoms with Crippen molar-refractivity contribution in [2.45, 2.75) is 13.8 Å². The van der Waals surface area contributed by atoms with Gasteiger partial charge in [0.15, 0.2) is 0 Å². The third kappa shape index (κ3) is 6.02. The summed E-state index contributed by atoms with van der Waals surface area (Å²) in [7, 11) is 1.29. The number of nitrogens with zero attached hydrogens (tertiary/aromatic N) is 1. The number of esters is 1. The summed E-state index contributed by atoms with van der Waals surface area (Å²) in [5, 5.41) is 3.24. The molecule has 0 saturated heterocycles. The quantitative estimate of drug-likeness (QED) is 0.743. The van der Waals surface area contributed by atoms with Crippen LogP contribution in [-0.2, 0) is 14.3 Å². The first-order chi connectivity index (χ1) is 11.3. The number of carbonyl (C=O) groups is 3. The first-order valence-corrected chi connectivity index (χ1v) is 8.08. The lowest BCUT2D eigenvalue weighted by Crippen LogP contribution is -2.41. The number of halogens is 2. The van der Waals surface area contributed by atoms with E-state index in [9.17, 15) is 14.4 Å². The molecule has 6 nitrogen and oxygen atoms in total. The minimum Gasteiger partial charge on any atom is -0.469 e. The van der Waals surface area contributed by atoms with Crippen LogP contribution in [-0.4, -0.2) is 49.4 Å². The molecule has 1 aromatic carbocycles. The molecule has 0 fully saturated rings. The number of amides is 2. The maximum absolute atomic E-state index is 12.7. The number of hydrogen-bond acceptors (Lipinski definition) is 4. The summed E-state index contributed by atoms with van der Waals surface area (Å²) in [5.41, 5.74) is 0.351. The molecule has 0 saturated carbocycles. The summed E-state index contributed by atoms with van der Waals surface area (Å²) >= 11 is 11.8. The fraction of sp³-hybridized carbons (Fsp3) is 0.438. The molecule has 2 amide bonds. The van der Waals surface area contributed by atoms with Gasteiger partial charge in [0, 0.05) is 32.1 Å². The normalized spacial score (nSPS) is 11.5. The number of nitrogens with one attached hydrogen (secondary N) is 1. The number of hydrogen-bond donors (Lipinski definition) is 1. The van der Waals surface area contributed by atoms with Gasteiger partial charge >= 0.3 is 5.97 Å². The predicted molar refractivity (Wildman–Crippen MR) is 92.2 cm³/mol. The van der Waals surface area contributed by atoms with Crippen LogP contribution in [0.2, 0.25) is 10.0 Å². The fourth-order valence-electron chi connectivity index (χ4n) is 2.06. The van der Waals surface area contributed by atoms with E-state index in [0.717, 1.165) is 0 Å². The molecule has 8 heteroatoms. The van der Waals surface area contributed by atoms with Crippen molar-refractivity contribution in [1.82, 2.24) is 10.2 Å². The Labute approximate surface area is 151 Å². The van der Waals surface area contributed by atoms with Crippen molar-refractivity contribution in [3.63, 3.8) is 0 Å². The van der Waals surface area contributed by atoms with Crippen LogP contribution >= 0.6 is 23.2 Å². The summed E-state index contributed by atoms with van der Waals surface area (Å²) < 4.78 is 4.69. The van der Waals surface area contributed by atoms with E-state index in [-0.39, 0.29) is 36.5 Å². The molecule has 132 valence electrons. The highest BCUT2D eigenvalue weighted by atomic mass is 35.5. The smallest absolute Gasteiger partial charge is 0.310 e. The fourth-order valence-corrected chi connectivity index (χ4v) is 2.36. The Kier molecular flexibility index (Phi) is 8.01. The molecule has 0 bridgehead atoms. The van der Waals surface area contributed by atoms with Gasteiger partial charge < -0.3 is 15.0 Å². The number of benzene rings is 1. The van der Waals surface area contributed by atoms with Crippen LogP contribution in [0.1, 0.15) is 24.2 Å².